The lowest BCUT2D eigenvalue weighted by atomic mass is 10.1. The maximum atomic E-state index is 12.4. The Morgan fingerprint density at radius 3 is 2.62 bits per heavy atom. The third kappa shape index (κ3) is 4.44. The van der Waals surface area contributed by atoms with E-state index in [0.717, 1.165) is 24.7 Å². The van der Waals surface area contributed by atoms with Crippen LogP contribution in [-0.4, -0.2) is 33.2 Å². The van der Waals surface area contributed by atoms with E-state index in [0.29, 0.717) is 18.0 Å². The van der Waals surface area contributed by atoms with Gasteiger partial charge in [0.2, 0.25) is 10.0 Å². The highest BCUT2D eigenvalue weighted by atomic mass is 32.2. The molecule has 1 aliphatic carbocycles. The summed E-state index contributed by atoms with van der Waals surface area (Å²) >= 11 is 0. The number of hydrogen-bond acceptors (Lipinski definition) is 4. The highest BCUT2D eigenvalue weighted by molar-refractivity contribution is 7.92. The molecular weight excluding hydrogens is 290 g/mol. The third-order valence-electron chi connectivity index (χ3n) is 3.48. The minimum Gasteiger partial charge on any atom is -0.348 e. The fourth-order valence-corrected chi connectivity index (χ4v) is 2.83. The van der Waals surface area contributed by atoms with E-state index in [1.165, 1.54) is 0 Å². The zero-order valence-corrected chi connectivity index (χ0v) is 13.0. The average molecular weight is 311 g/mol. The van der Waals surface area contributed by atoms with Gasteiger partial charge in [-0.1, -0.05) is 11.6 Å². The molecule has 1 aromatic rings. The Morgan fingerprint density at radius 1 is 1.43 bits per heavy atom. The van der Waals surface area contributed by atoms with Gasteiger partial charge in [0.25, 0.3) is 5.91 Å². The Labute approximate surface area is 125 Å². The van der Waals surface area contributed by atoms with Gasteiger partial charge < -0.3 is 11.1 Å². The number of sulfonamides is 1. The van der Waals surface area contributed by atoms with Crippen LogP contribution in [0.1, 0.15) is 28.8 Å². The van der Waals surface area contributed by atoms with Gasteiger partial charge in [-0.3, -0.25) is 9.52 Å². The number of nitrogens with one attached hydrogen (secondary N) is 2. The molecule has 1 aliphatic rings. The molecule has 0 bridgehead atoms. The predicted octanol–water partition coefficient (Wildman–Crippen LogP) is 0.834. The third-order valence-corrected chi connectivity index (χ3v) is 4.07. The number of rotatable bonds is 6. The van der Waals surface area contributed by atoms with Crippen LogP contribution in [0.15, 0.2) is 18.2 Å². The lowest BCUT2D eigenvalue weighted by Gasteiger charge is -2.18. The second-order valence-electron chi connectivity index (χ2n) is 5.58. The number of hydrogen-bond donors (Lipinski definition) is 3. The van der Waals surface area contributed by atoms with Crippen LogP contribution < -0.4 is 15.8 Å². The largest absolute Gasteiger partial charge is 0.348 e. The van der Waals surface area contributed by atoms with Crippen LogP contribution in [0.5, 0.6) is 0 Å². The van der Waals surface area contributed by atoms with Crippen molar-refractivity contribution in [3.8, 4) is 0 Å². The van der Waals surface area contributed by atoms with Gasteiger partial charge in [-0.05, 0) is 37.8 Å². The van der Waals surface area contributed by atoms with Crippen molar-refractivity contribution in [1.82, 2.24) is 5.32 Å². The predicted molar refractivity (Wildman–Crippen MR) is 82.7 cm³/mol. The first-order valence-corrected chi connectivity index (χ1v) is 8.78. The lowest BCUT2D eigenvalue weighted by Crippen LogP contribution is -2.42. The summed E-state index contributed by atoms with van der Waals surface area (Å²) < 4.78 is 25.2. The molecule has 1 unspecified atom stereocenters. The molecule has 116 valence electrons. The molecule has 0 spiro atoms. The van der Waals surface area contributed by atoms with Crippen LogP contribution in [0.2, 0.25) is 0 Å². The van der Waals surface area contributed by atoms with Crippen molar-refractivity contribution >= 4 is 21.6 Å². The number of carbonyl (C=O) groups is 1. The number of anilines is 1. The van der Waals surface area contributed by atoms with E-state index in [-0.39, 0.29) is 17.6 Å². The molecule has 1 aromatic carbocycles. The van der Waals surface area contributed by atoms with Crippen LogP contribution >= 0.6 is 0 Å². The van der Waals surface area contributed by atoms with E-state index < -0.39 is 10.0 Å². The molecule has 21 heavy (non-hydrogen) atoms. The van der Waals surface area contributed by atoms with E-state index in [9.17, 15) is 13.2 Å². The molecule has 1 atom stereocenters. The van der Waals surface area contributed by atoms with E-state index in [1.54, 1.807) is 18.2 Å². The topological polar surface area (TPSA) is 101 Å². The molecular formula is C14H21N3O3S. The summed E-state index contributed by atoms with van der Waals surface area (Å²) in [5.74, 6) is 0.141. The molecule has 0 aliphatic heterocycles. The monoisotopic (exact) mass is 311 g/mol. The SMILES string of the molecule is Cc1ccc(NS(C)(=O)=O)c(C(=O)NC(CN)C2CC2)c1. The van der Waals surface area contributed by atoms with Crippen molar-refractivity contribution in [2.24, 2.45) is 11.7 Å². The van der Waals surface area contributed by atoms with E-state index in [2.05, 4.69) is 10.0 Å². The zero-order valence-electron chi connectivity index (χ0n) is 12.2. The fraction of sp³-hybridized carbons (Fsp3) is 0.500. The highest BCUT2D eigenvalue weighted by Crippen LogP contribution is 2.32. The van der Waals surface area contributed by atoms with Gasteiger partial charge in [-0.15, -0.1) is 0 Å². The summed E-state index contributed by atoms with van der Waals surface area (Å²) in [6, 6.07) is 4.97. The fourth-order valence-electron chi connectivity index (χ4n) is 2.25. The molecule has 0 saturated heterocycles. The summed E-state index contributed by atoms with van der Waals surface area (Å²) in [5, 5.41) is 2.90. The molecule has 6 nitrogen and oxygen atoms in total. The summed E-state index contributed by atoms with van der Waals surface area (Å²) in [6.45, 7) is 2.24. The summed E-state index contributed by atoms with van der Waals surface area (Å²) in [7, 11) is -3.44. The Balaban J connectivity index is 2.23. The van der Waals surface area contributed by atoms with Gasteiger partial charge in [0.1, 0.15) is 0 Å². The number of aryl methyl sites for hydroxylation is 1. The summed E-state index contributed by atoms with van der Waals surface area (Å²) in [5.41, 5.74) is 7.17. The second kappa shape index (κ2) is 6.03. The van der Waals surface area contributed by atoms with Crippen LogP contribution in [0.4, 0.5) is 5.69 Å². The van der Waals surface area contributed by atoms with Crippen LogP contribution in [0.25, 0.3) is 0 Å². The van der Waals surface area contributed by atoms with Crippen molar-refractivity contribution in [2.75, 3.05) is 17.5 Å². The molecule has 1 fully saturated rings. The smallest absolute Gasteiger partial charge is 0.253 e. The highest BCUT2D eigenvalue weighted by Gasteiger charge is 2.31. The van der Waals surface area contributed by atoms with Gasteiger partial charge in [0.15, 0.2) is 0 Å². The van der Waals surface area contributed by atoms with Crippen molar-refractivity contribution in [2.45, 2.75) is 25.8 Å². The maximum Gasteiger partial charge on any atom is 0.253 e. The lowest BCUT2D eigenvalue weighted by molar-refractivity contribution is 0.0934. The molecule has 0 heterocycles. The number of nitrogens with two attached hydrogens (primary N) is 1. The molecule has 7 heteroatoms. The first-order valence-electron chi connectivity index (χ1n) is 6.89. The number of benzene rings is 1. The maximum absolute atomic E-state index is 12.4. The quantitative estimate of drug-likeness (QED) is 0.724. The van der Waals surface area contributed by atoms with Crippen molar-refractivity contribution in [1.29, 1.82) is 0 Å². The van der Waals surface area contributed by atoms with Gasteiger partial charge in [-0.2, -0.15) is 0 Å². The van der Waals surface area contributed by atoms with Crippen LogP contribution in [-0.2, 0) is 10.0 Å². The number of carbonyl (C=O) groups excluding carboxylic acids is 1. The normalized spacial score (nSPS) is 16.3. The van der Waals surface area contributed by atoms with E-state index in [1.807, 2.05) is 6.92 Å². The minimum atomic E-state index is -3.44. The Bertz CT molecular complexity index is 639. The van der Waals surface area contributed by atoms with Crippen LogP contribution in [0, 0.1) is 12.8 Å². The molecule has 0 aromatic heterocycles. The first kappa shape index (κ1) is 15.8. The summed E-state index contributed by atoms with van der Waals surface area (Å²) in [4.78, 5) is 12.4. The molecule has 1 amide bonds. The number of amides is 1. The Kier molecular flexibility index (Phi) is 4.53. The van der Waals surface area contributed by atoms with Gasteiger partial charge in [0, 0.05) is 12.6 Å². The van der Waals surface area contributed by atoms with Crippen molar-refractivity contribution in [3.05, 3.63) is 29.3 Å². The van der Waals surface area contributed by atoms with E-state index >= 15 is 0 Å². The Morgan fingerprint density at radius 2 is 2.10 bits per heavy atom. The average Bonchev–Trinajstić information content (AvgIpc) is 3.20. The molecule has 1 saturated carbocycles. The summed E-state index contributed by atoms with van der Waals surface area (Å²) in [6.07, 6.45) is 3.20. The Hall–Kier alpha value is -1.60. The van der Waals surface area contributed by atoms with Crippen molar-refractivity contribution in [3.63, 3.8) is 0 Å². The van der Waals surface area contributed by atoms with E-state index in [4.69, 9.17) is 5.73 Å². The van der Waals surface area contributed by atoms with Gasteiger partial charge in [0.05, 0.1) is 17.5 Å². The molecule has 0 radical (unpaired) electrons. The minimum absolute atomic E-state index is 0.0518. The molecule has 2 rings (SSSR count). The van der Waals surface area contributed by atoms with Gasteiger partial charge >= 0.3 is 0 Å². The second-order valence-corrected chi connectivity index (χ2v) is 7.32. The standard InChI is InChI=1S/C14H21N3O3S/c1-9-3-6-12(17-21(2,19)20)11(7-9)14(18)16-13(8-15)10-4-5-10/h3,6-7,10,13,17H,4-5,8,15H2,1-2H3,(H,16,18). The zero-order chi connectivity index (χ0) is 15.6. The van der Waals surface area contributed by atoms with Gasteiger partial charge in [-0.25, -0.2) is 8.42 Å². The van der Waals surface area contributed by atoms with Crippen LogP contribution in [0.3, 0.4) is 0 Å². The van der Waals surface area contributed by atoms with Crippen molar-refractivity contribution < 1.29 is 13.2 Å². The molecule has 4 N–H and O–H groups in total. The first-order chi connectivity index (χ1) is 9.80.